The molecular weight excluding hydrogens is 751 g/mol. The van der Waals surface area contributed by atoms with Crippen LogP contribution in [0.15, 0.2) is 157 Å². The standard InChI is InChI=1S/C47H41N3O7S/c51-29-31-28-49-45(56)47(46(49)58-30-31,40(32-16-5-1-6-17-32)33-18-7-2-8-19-33)48-39(52)27-15-26-38(50-42(53)36-24-13-14-25-37(36)43(50)54)44(55)57-41(34-20-9-3-10-21-34)35-22-11-4-12-23-35/h1-14,16-25,28,38,40-41,46,51H,15,26-27,29-30H2,(H,48,52)/t38?,46-,47+/m0/s1. The van der Waals surface area contributed by atoms with Crippen molar-refractivity contribution in [3.63, 3.8) is 0 Å². The fraction of sp³-hybridized carbons (Fsp3) is 0.213. The predicted octanol–water partition coefficient (Wildman–Crippen LogP) is 6.63. The lowest BCUT2D eigenvalue weighted by atomic mass is 9.69. The number of imide groups is 1. The number of amides is 4. The Labute approximate surface area is 340 Å². The number of benzene rings is 5. The van der Waals surface area contributed by atoms with E-state index in [9.17, 15) is 29.1 Å². The molecule has 5 aromatic rings. The van der Waals surface area contributed by atoms with Gasteiger partial charge in [0.15, 0.2) is 11.6 Å². The number of carbonyl (C=O) groups excluding carboxylic acids is 5. The zero-order valence-electron chi connectivity index (χ0n) is 31.5. The Morgan fingerprint density at radius 2 is 1.21 bits per heavy atom. The second-order valence-electron chi connectivity index (χ2n) is 14.6. The number of hydrogen-bond donors (Lipinski definition) is 2. The van der Waals surface area contributed by atoms with E-state index in [0.29, 0.717) is 22.5 Å². The summed E-state index contributed by atoms with van der Waals surface area (Å²) >= 11 is 1.48. The number of carbonyl (C=O) groups is 5. The van der Waals surface area contributed by atoms with Gasteiger partial charge in [-0.25, -0.2) is 4.79 Å². The summed E-state index contributed by atoms with van der Waals surface area (Å²) in [6, 6.07) is 42.7. The molecule has 0 spiro atoms. The van der Waals surface area contributed by atoms with E-state index in [4.69, 9.17) is 4.74 Å². The number of fused-ring (bicyclic) bond motifs is 2. The van der Waals surface area contributed by atoms with E-state index in [1.54, 1.807) is 35.4 Å². The zero-order chi connectivity index (χ0) is 40.2. The molecule has 11 heteroatoms. The van der Waals surface area contributed by atoms with Gasteiger partial charge in [0.2, 0.25) is 5.91 Å². The van der Waals surface area contributed by atoms with Gasteiger partial charge in [-0.15, -0.1) is 11.8 Å². The molecule has 58 heavy (non-hydrogen) atoms. The molecule has 0 aliphatic carbocycles. The van der Waals surface area contributed by atoms with E-state index in [2.05, 4.69) is 5.32 Å². The van der Waals surface area contributed by atoms with Crippen molar-refractivity contribution in [2.24, 2.45) is 0 Å². The highest BCUT2D eigenvalue weighted by atomic mass is 32.2. The van der Waals surface area contributed by atoms with Gasteiger partial charge in [-0.05, 0) is 52.8 Å². The summed E-state index contributed by atoms with van der Waals surface area (Å²) in [6.45, 7) is -0.183. The first-order valence-corrected chi connectivity index (χ1v) is 20.3. The topological polar surface area (TPSA) is 133 Å². The normalized spacial score (nSPS) is 19.0. The number of aliphatic hydroxyl groups is 1. The molecule has 5 aromatic carbocycles. The molecule has 1 fully saturated rings. The summed E-state index contributed by atoms with van der Waals surface area (Å²) in [5.74, 6) is -2.81. The van der Waals surface area contributed by atoms with Crippen molar-refractivity contribution >= 4 is 41.4 Å². The molecule has 3 aliphatic heterocycles. The number of nitrogens with zero attached hydrogens (tertiary/aromatic N) is 2. The Hall–Kier alpha value is -6.30. The van der Waals surface area contributed by atoms with Gasteiger partial charge in [0.05, 0.1) is 17.7 Å². The van der Waals surface area contributed by atoms with Gasteiger partial charge < -0.3 is 20.1 Å². The van der Waals surface area contributed by atoms with Crippen LogP contribution in [0.3, 0.4) is 0 Å². The fourth-order valence-electron chi connectivity index (χ4n) is 8.26. The SMILES string of the molecule is O=C(CCCC(C(=O)OC(c1ccccc1)c1ccccc1)N1C(=O)c2ccccc2C1=O)N[C@]1(C(c2ccccc2)c2ccccc2)C(=O)N2C=C(CO)CS[C@H]21. The zero-order valence-corrected chi connectivity index (χ0v) is 32.3. The number of aliphatic hydroxyl groups excluding tert-OH is 1. The first-order chi connectivity index (χ1) is 28.3. The molecule has 2 N–H and O–H groups in total. The molecule has 0 bridgehead atoms. The molecule has 4 amide bonds. The number of β-lactam (4-membered cyclic amide) rings is 1. The highest BCUT2D eigenvalue weighted by Gasteiger charge is 2.66. The molecule has 0 aromatic heterocycles. The second-order valence-corrected chi connectivity index (χ2v) is 15.6. The van der Waals surface area contributed by atoms with Crippen LogP contribution in [0.1, 0.15) is 74.3 Å². The minimum absolute atomic E-state index is 0.0668. The number of rotatable bonds is 14. The Bertz CT molecular complexity index is 2250. The van der Waals surface area contributed by atoms with Crippen molar-refractivity contribution in [3.05, 3.63) is 191 Å². The average Bonchev–Trinajstić information content (AvgIpc) is 3.53. The Kier molecular flexibility index (Phi) is 11.1. The van der Waals surface area contributed by atoms with Crippen LogP contribution < -0.4 is 5.32 Å². The molecule has 292 valence electrons. The number of esters is 1. The molecule has 1 saturated heterocycles. The minimum atomic E-state index is -1.39. The van der Waals surface area contributed by atoms with Gasteiger partial charge in [0, 0.05) is 24.3 Å². The Morgan fingerprint density at radius 1 is 0.724 bits per heavy atom. The van der Waals surface area contributed by atoms with Crippen LogP contribution in [0.5, 0.6) is 0 Å². The first kappa shape index (κ1) is 38.6. The van der Waals surface area contributed by atoms with Gasteiger partial charge in [-0.2, -0.15) is 0 Å². The van der Waals surface area contributed by atoms with Crippen LogP contribution in [0, 0.1) is 0 Å². The number of nitrogens with one attached hydrogen (secondary N) is 1. The quantitative estimate of drug-likeness (QED) is 0.0728. The van der Waals surface area contributed by atoms with E-state index in [-0.39, 0.29) is 42.9 Å². The molecule has 10 nitrogen and oxygen atoms in total. The second kappa shape index (κ2) is 16.7. The van der Waals surface area contributed by atoms with Crippen LogP contribution in [0.25, 0.3) is 0 Å². The van der Waals surface area contributed by atoms with Crippen molar-refractivity contribution in [1.29, 1.82) is 0 Å². The maximum Gasteiger partial charge on any atom is 0.330 e. The van der Waals surface area contributed by atoms with Crippen molar-refractivity contribution in [2.45, 2.75) is 48.2 Å². The van der Waals surface area contributed by atoms with E-state index < -0.39 is 52.7 Å². The smallest absolute Gasteiger partial charge is 0.330 e. The van der Waals surface area contributed by atoms with Crippen molar-refractivity contribution in [1.82, 2.24) is 15.1 Å². The third kappa shape index (κ3) is 7.12. The van der Waals surface area contributed by atoms with Crippen molar-refractivity contribution < 1.29 is 33.8 Å². The molecular formula is C47H41N3O7S. The number of thioether (sulfide) groups is 1. The van der Waals surface area contributed by atoms with Crippen LogP contribution in [-0.4, -0.2) is 73.8 Å². The molecule has 3 heterocycles. The molecule has 3 atom stereocenters. The lowest BCUT2D eigenvalue weighted by molar-refractivity contribution is -0.155. The highest BCUT2D eigenvalue weighted by molar-refractivity contribution is 8.00. The van der Waals surface area contributed by atoms with Crippen molar-refractivity contribution in [2.75, 3.05) is 12.4 Å². The van der Waals surface area contributed by atoms with Gasteiger partial charge in [0.1, 0.15) is 11.4 Å². The summed E-state index contributed by atoms with van der Waals surface area (Å²) in [4.78, 5) is 73.4. The van der Waals surface area contributed by atoms with Gasteiger partial charge in [-0.3, -0.25) is 24.1 Å². The van der Waals surface area contributed by atoms with E-state index in [0.717, 1.165) is 16.0 Å². The lowest BCUT2D eigenvalue weighted by Crippen LogP contribution is -2.80. The first-order valence-electron chi connectivity index (χ1n) is 19.2. The monoisotopic (exact) mass is 791 g/mol. The summed E-state index contributed by atoms with van der Waals surface area (Å²) in [5, 5.41) is 12.6. The third-order valence-electron chi connectivity index (χ3n) is 11.0. The molecule has 1 unspecified atom stereocenters. The number of hydrogen-bond acceptors (Lipinski definition) is 8. The van der Waals surface area contributed by atoms with E-state index >= 15 is 0 Å². The lowest BCUT2D eigenvalue weighted by Gasteiger charge is -2.59. The molecule has 3 aliphatic rings. The minimum Gasteiger partial charge on any atom is -0.451 e. The molecule has 8 rings (SSSR count). The summed E-state index contributed by atoms with van der Waals surface area (Å²) in [6.07, 6.45) is 0.751. The molecule has 0 radical (unpaired) electrons. The van der Waals surface area contributed by atoms with Gasteiger partial charge in [-0.1, -0.05) is 133 Å². The summed E-state index contributed by atoms with van der Waals surface area (Å²) in [7, 11) is 0. The fourth-order valence-corrected chi connectivity index (χ4v) is 9.67. The maximum atomic E-state index is 14.5. The van der Waals surface area contributed by atoms with Gasteiger partial charge >= 0.3 is 5.97 Å². The van der Waals surface area contributed by atoms with Gasteiger partial charge in [0.25, 0.3) is 17.7 Å². The third-order valence-corrected chi connectivity index (χ3v) is 12.4. The van der Waals surface area contributed by atoms with Crippen LogP contribution in [0.4, 0.5) is 0 Å². The summed E-state index contributed by atoms with van der Waals surface area (Å²) in [5.41, 5.74) is 2.81. The van der Waals surface area contributed by atoms with Crippen LogP contribution in [-0.2, 0) is 19.1 Å². The van der Waals surface area contributed by atoms with E-state index in [1.165, 1.54) is 11.8 Å². The number of ether oxygens (including phenoxy) is 1. The Balaban J connectivity index is 1.08. The summed E-state index contributed by atoms with van der Waals surface area (Å²) < 4.78 is 6.22. The largest absolute Gasteiger partial charge is 0.451 e. The Morgan fingerprint density at radius 3 is 1.71 bits per heavy atom. The molecule has 0 saturated carbocycles. The van der Waals surface area contributed by atoms with Crippen LogP contribution in [0.2, 0.25) is 0 Å². The maximum absolute atomic E-state index is 14.5. The highest BCUT2D eigenvalue weighted by Crippen LogP contribution is 2.52. The van der Waals surface area contributed by atoms with E-state index in [1.807, 2.05) is 121 Å². The van der Waals surface area contributed by atoms with Crippen molar-refractivity contribution in [3.8, 4) is 0 Å². The van der Waals surface area contributed by atoms with Crippen LogP contribution >= 0.6 is 11.8 Å². The predicted molar refractivity (Wildman–Crippen MR) is 219 cm³/mol. The average molecular weight is 792 g/mol.